The van der Waals surface area contributed by atoms with E-state index in [4.69, 9.17) is 0 Å². The van der Waals surface area contributed by atoms with Crippen LogP contribution in [0.3, 0.4) is 0 Å². The molecule has 130 valence electrons. The minimum Gasteiger partial charge on any atom is -0.192 e. The molecule has 0 amide bonds. The Balaban J connectivity index is 1.90. The molecule has 0 N–H and O–H groups in total. The van der Waals surface area contributed by atoms with Crippen molar-refractivity contribution in [2.45, 2.75) is 16.7 Å². The van der Waals surface area contributed by atoms with Crippen LogP contribution < -0.4 is 0 Å². The molecular formula is C17H14O6S2. The molecule has 0 spiro atoms. The molecule has 0 aliphatic heterocycles. The van der Waals surface area contributed by atoms with Crippen LogP contribution in [0.1, 0.15) is 5.56 Å². The molecule has 0 aliphatic carbocycles. The fourth-order valence-corrected chi connectivity index (χ4v) is 4.17. The average molecular weight is 378 g/mol. The number of rotatable bonds is 5. The van der Waals surface area contributed by atoms with Gasteiger partial charge in [0.05, 0.1) is 4.90 Å². The quantitative estimate of drug-likeness (QED) is 0.501. The molecular weight excluding hydrogens is 364 g/mol. The minimum atomic E-state index is -4.44. The Kier molecular flexibility index (Phi) is 4.61. The molecule has 3 aromatic rings. The van der Waals surface area contributed by atoms with E-state index in [1.165, 1.54) is 24.3 Å². The Hall–Kier alpha value is -2.26. The van der Waals surface area contributed by atoms with Gasteiger partial charge >= 0.3 is 20.2 Å². The first-order chi connectivity index (χ1) is 11.8. The molecule has 25 heavy (non-hydrogen) atoms. The predicted octanol–water partition coefficient (Wildman–Crippen LogP) is 3.17. The van der Waals surface area contributed by atoms with Crippen LogP contribution in [-0.4, -0.2) is 16.8 Å². The second kappa shape index (κ2) is 6.57. The van der Waals surface area contributed by atoms with Gasteiger partial charge in [-0.15, -0.1) is 0 Å². The van der Waals surface area contributed by atoms with E-state index < -0.39 is 20.2 Å². The lowest BCUT2D eigenvalue weighted by atomic mass is 10.1. The molecule has 0 heterocycles. The molecule has 6 nitrogen and oxygen atoms in total. The van der Waals surface area contributed by atoms with E-state index in [0.29, 0.717) is 10.8 Å². The lowest BCUT2D eigenvalue weighted by Gasteiger charge is -2.08. The molecule has 3 aromatic carbocycles. The summed E-state index contributed by atoms with van der Waals surface area (Å²) in [7, 11) is -8.81. The summed E-state index contributed by atoms with van der Waals surface area (Å²) in [5, 5.41) is 1.08. The summed E-state index contributed by atoms with van der Waals surface area (Å²) in [5.74, 6) is 0. The highest BCUT2D eigenvalue weighted by molar-refractivity contribution is 7.89. The number of hydrogen-bond donors (Lipinski definition) is 0. The monoisotopic (exact) mass is 378 g/mol. The third-order valence-electron chi connectivity index (χ3n) is 3.54. The first-order valence-electron chi connectivity index (χ1n) is 7.22. The van der Waals surface area contributed by atoms with Crippen molar-refractivity contribution in [3.8, 4) is 0 Å². The highest BCUT2D eigenvalue weighted by Crippen LogP contribution is 2.25. The first-order valence-corrected chi connectivity index (χ1v) is 10.0. The second-order valence-electron chi connectivity index (χ2n) is 5.33. The molecule has 0 atom stereocenters. The van der Waals surface area contributed by atoms with E-state index in [9.17, 15) is 16.8 Å². The van der Waals surface area contributed by atoms with Gasteiger partial charge in [-0.2, -0.15) is 16.8 Å². The summed E-state index contributed by atoms with van der Waals surface area (Å²) in [4.78, 5) is -0.379. The van der Waals surface area contributed by atoms with Crippen LogP contribution in [0.4, 0.5) is 0 Å². The van der Waals surface area contributed by atoms with Crippen LogP contribution in [0, 0.1) is 6.92 Å². The minimum absolute atomic E-state index is 0.176. The van der Waals surface area contributed by atoms with Crippen molar-refractivity contribution in [3.63, 3.8) is 0 Å². The molecule has 0 unspecified atom stereocenters. The van der Waals surface area contributed by atoms with Crippen LogP contribution in [-0.2, 0) is 28.9 Å². The van der Waals surface area contributed by atoms with Crippen LogP contribution in [0.25, 0.3) is 10.8 Å². The topological polar surface area (TPSA) is 86.7 Å². The molecule has 0 saturated carbocycles. The number of benzene rings is 3. The zero-order chi connectivity index (χ0) is 18.1. The largest absolute Gasteiger partial charge is 0.324 e. The van der Waals surface area contributed by atoms with Gasteiger partial charge in [0, 0.05) is 5.39 Å². The van der Waals surface area contributed by atoms with Gasteiger partial charge in [0.1, 0.15) is 4.90 Å². The fourth-order valence-electron chi connectivity index (χ4n) is 2.27. The number of aryl methyl sites for hydroxylation is 1. The van der Waals surface area contributed by atoms with Gasteiger partial charge in [-0.05, 0) is 30.5 Å². The van der Waals surface area contributed by atoms with Crippen molar-refractivity contribution in [2.75, 3.05) is 0 Å². The zero-order valence-electron chi connectivity index (χ0n) is 13.1. The second-order valence-corrected chi connectivity index (χ2v) is 8.33. The third kappa shape index (κ3) is 3.72. The summed E-state index contributed by atoms with van der Waals surface area (Å²) < 4.78 is 57.5. The highest BCUT2D eigenvalue weighted by Gasteiger charge is 2.25. The maximum absolute atomic E-state index is 12.4. The standard InChI is InChI=1S/C17H14O6S2/c1-13-9-11-15(12-10-13)24(18,19)22-23-25(20,21)17-8-4-6-14-5-2-3-7-16(14)17/h2-12H,1H3. The molecule has 0 saturated heterocycles. The summed E-state index contributed by atoms with van der Waals surface area (Å²) >= 11 is 0. The molecule has 3 rings (SSSR count). The molecule has 8 heteroatoms. The normalized spacial score (nSPS) is 12.4. The highest BCUT2D eigenvalue weighted by atomic mass is 32.2. The Morgan fingerprint density at radius 1 is 0.680 bits per heavy atom. The maximum Gasteiger partial charge on any atom is 0.324 e. The zero-order valence-corrected chi connectivity index (χ0v) is 14.7. The predicted molar refractivity (Wildman–Crippen MR) is 91.7 cm³/mol. The molecule has 0 aliphatic rings. The number of fused-ring (bicyclic) bond motifs is 1. The van der Waals surface area contributed by atoms with E-state index in [1.54, 1.807) is 49.4 Å². The molecule has 0 bridgehead atoms. The van der Waals surface area contributed by atoms with Crippen molar-refractivity contribution in [3.05, 3.63) is 72.3 Å². The Bertz CT molecular complexity index is 1110. The van der Waals surface area contributed by atoms with Crippen molar-refractivity contribution < 1.29 is 25.5 Å². The van der Waals surface area contributed by atoms with E-state index in [2.05, 4.69) is 8.67 Å². The van der Waals surface area contributed by atoms with Gasteiger partial charge in [0.2, 0.25) is 0 Å². The van der Waals surface area contributed by atoms with Gasteiger partial charge < -0.3 is 0 Å². The summed E-state index contributed by atoms with van der Waals surface area (Å²) in [6, 6.07) is 17.1. The van der Waals surface area contributed by atoms with Crippen LogP contribution >= 0.6 is 0 Å². The van der Waals surface area contributed by atoms with Crippen molar-refractivity contribution >= 4 is 31.0 Å². The number of hydrogen-bond acceptors (Lipinski definition) is 6. The van der Waals surface area contributed by atoms with E-state index in [1.807, 2.05) is 0 Å². The fraction of sp³-hybridized carbons (Fsp3) is 0.0588. The molecule has 0 radical (unpaired) electrons. The van der Waals surface area contributed by atoms with Crippen molar-refractivity contribution in [1.82, 2.24) is 0 Å². The Morgan fingerprint density at radius 3 is 2.00 bits per heavy atom. The lowest BCUT2D eigenvalue weighted by Crippen LogP contribution is -2.13. The average Bonchev–Trinajstić information content (AvgIpc) is 2.60. The summed E-state index contributed by atoms with van der Waals surface area (Å²) in [5.41, 5.74) is 0.850. The third-order valence-corrected chi connectivity index (χ3v) is 5.86. The van der Waals surface area contributed by atoms with Crippen LogP contribution in [0.15, 0.2) is 76.5 Å². The van der Waals surface area contributed by atoms with Gasteiger partial charge in [-0.1, -0.05) is 62.8 Å². The summed E-state index contributed by atoms with van der Waals surface area (Å²) in [6.07, 6.45) is 0. The lowest BCUT2D eigenvalue weighted by molar-refractivity contribution is -0.0850. The SMILES string of the molecule is Cc1ccc(S(=O)(=O)OOS(=O)(=O)c2cccc3ccccc23)cc1. The van der Waals surface area contributed by atoms with E-state index in [0.717, 1.165) is 5.56 Å². The van der Waals surface area contributed by atoms with E-state index in [-0.39, 0.29) is 9.79 Å². The molecule has 0 aromatic heterocycles. The Labute approximate surface area is 145 Å². The van der Waals surface area contributed by atoms with Gasteiger partial charge in [0.15, 0.2) is 0 Å². The van der Waals surface area contributed by atoms with Crippen LogP contribution in [0.2, 0.25) is 0 Å². The summed E-state index contributed by atoms with van der Waals surface area (Å²) in [6.45, 7) is 1.79. The maximum atomic E-state index is 12.4. The smallest absolute Gasteiger partial charge is 0.192 e. The van der Waals surface area contributed by atoms with Crippen molar-refractivity contribution in [1.29, 1.82) is 0 Å². The first kappa shape index (κ1) is 17.6. The van der Waals surface area contributed by atoms with Gasteiger partial charge in [-0.25, -0.2) is 0 Å². The van der Waals surface area contributed by atoms with Crippen LogP contribution in [0.5, 0.6) is 0 Å². The van der Waals surface area contributed by atoms with E-state index >= 15 is 0 Å². The molecule has 0 fully saturated rings. The van der Waals surface area contributed by atoms with Gasteiger partial charge in [0.25, 0.3) is 0 Å². The van der Waals surface area contributed by atoms with Gasteiger partial charge in [-0.3, -0.25) is 0 Å². The van der Waals surface area contributed by atoms with Crippen molar-refractivity contribution in [2.24, 2.45) is 0 Å². The Morgan fingerprint density at radius 2 is 1.28 bits per heavy atom.